The maximum atomic E-state index is 12.2. The zero-order valence-electron chi connectivity index (χ0n) is 17.3. The lowest BCUT2D eigenvalue weighted by atomic mass is 10.1. The molecule has 0 unspecified atom stereocenters. The van der Waals surface area contributed by atoms with Crippen LogP contribution in [0.1, 0.15) is 15.9 Å². The minimum absolute atomic E-state index is 0.151. The lowest BCUT2D eigenvalue weighted by molar-refractivity contribution is -0.113. The molecule has 9 heteroatoms. The van der Waals surface area contributed by atoms with Gasteiger partial charge in [0.25, 0.3) is 5.91 Å². The van der Waals surface area contributed by atoms with E-state index in [1.165, 1.54) is 18.9 Å². The van der Waals surface area contributed by atoms with Gasteiger partial charge in [0.15, 0.2) is 17.3 Å². The number of methoxy groups -OCH3 is 2. The molecule has 0 bridgehead atoms. The molecular weight excluding hydrogens is 416 g/mol. The van der Waals surface area contributed by atoms with Gasteiger partial charge in [-0.15, -0.1) is 10.2 Å². The van der Waals surface area contributed by atoms with E-state index in [0.717, 1.165) is 5.56 Å². The number of aromatic nitrogens is 2. The first-order chi connectivity index (χ1) is 15.0. The van der Waals surface area contributed by atoms with Gasteiger partial charge in [0, 0.05) is 17.3 Å². The summed E-state index contributed by atoms with van der Waals surface area (Å²) in [6.45, 7) is 1.96. The van der Waals surface area contributed by atoms with Gasteiger partial charge in [-0.05, 0) is 43.3 Å². The molecule has 1 heterocycles. The number of carbonyl (C=O) groups is 2. The van der Waals surface area contributed by atoms with Crippen molar-refractivity contribution < 1.29 is 19.1 Å². The maximum absolute atomic E-state index is 12.2. The fourth-order valence-electron chi connectivity index (χ4n) is 2.61. The van der Waals surface area contributed by atoms with Gasteiger partial charge in [-0.2, -0.15) is 0 Å². The number of amides is 2. The second-order valence-corrected chi connectivity index (χ2v) is 7.48. The topological polar surface area (TPSA) is 102 Å². The van der Waals surface area contributed by atoms with E-state index in [4.69, 9.17) is 9.47 Å². The van der Waals surface area contributed by atoms with Crippen LogP contribution in [0.2, 0.25) is 0 Å². The van der Waals surface area contributed by atoms with Crippen molar-refractivity contribution in [3.05, 3.63) is 65.7 Å². The number of rotatable bonds is 8. The summed E-state index contributed by atoms with van der Waals surface area (Å²) in [5, 5.41) is 14.1. The fraction of sp³-hybridized carbons (Fsp3) is 0.182. The monoisotopic (exact) mass is 438 g/mol. The highest BCUT2D eigenvalue weighted by molar-refractivity contribution is 7.99. The number of thioether (sulfide) groups is 1. The Kier molecular flexibility index (Phi) is 7.45. The van der Waals surface area contributed by atoms with Crippen molar-refractivity contribution in [2.24, 2.45) is 0 Å². The van der Waals surface area contributed by atoms with E-state index in [1.54, 1.807) is 49.6 Å². The summed E-state index contributed by atoms with van der Waals surface area (Å²) in [5.74, 6) is 1.14. The predicted molar refractivity (Wildman–Crippen MR) is 120 cm³/mol. The molecule has 0 fully saturated rings. The number of aryl methyl sites for hydroxylation is 1. The highest BCUT2D eigenvalue weighted by Crippen LogP contribution is 2.29. The molecule has 8 nitrogen and oxygen atoms in total. The van der Waals surface area contributed by atoms with Crippen LogP contribution in [0.25, 0.3) is 0 Å². The third kappa shape index (κ3) is 6.19. The Morgan fingerprint density at radius 1 is 0.903 bits per heavy atom. The second-order valence-electron chi connectivity index (χ2n) is 6.48. The highest BCUT2D eigenvalue weighted by Gasteiger charge is 2.10. The molecule has 2 amide bonds. The molecule has 0 radical (unpaired) electrons. The summed E-state index contributed by atoms with van der Waals surface area (Å²) in [6, 6.07) is 15.7. The molecule has 0 aliphatic carbocycles. The second kappa shape index (κ2) is 10.4. The molecule has 160 valence electrons. The third-order valence-electron chi connectivity index (χ3n) is 4.21. The smallest absolute Gasteiger partial charge is 0.256 e. The average Bonchev–Trinajstić information content (AvgIpc) is 2.79. The van der Waals surface area contributed by atoms with Crippen molar-refractivity contribution in [2.75, 3.05) is 30.6 Å². The average molecular weight is 439 g/mol. The molecular formula is C22H22N4O4S. The lowest BCUT2D eigenvalue weighted by Gasteiger charge is -2.10. The molecule has 0 aliphatic rings. The van der Waals surface area contributed by atoms with Crippen LogP contribution in [-0.2, 0) is 4.79 Å². The number of anilines is 2. The molecule has 2 aromatic carbocycles. The molecule has 0 saturated carbocycles. The molecule has 0 saturated heterocycles. The SMILES string of the molecule is COc1ccc(NC(=O)CSc2ccc(NC(=O)c3ccc(C)cc3)nn2)cc1OC. The van der Waals surface area contributed by atoms with E-state index >= 15 is 0 Å². The zero-order valence-corrected chi connectivity index (χ0v) is 18.2. The first-order valence-electron chi connectivity index (χ1n) is 9.35. The van der Waals surface area contributed by atoms with E-state index in [9.17, 15) is 9.59 Å². The van der Waals surface area contributed by atoms with Crippen molar-refractivity contribution in [3.63, 3.8) is 0 Å². The summed E-state index contributed by atoms with van der Waals surface area (Å²) in [7, 11) is 3.08. The lowest BCUT2D eigenvalue weighted by Crippen LogP contribution is -2.15. The maximum Gasteiger partial charge on any atom is 0.256 e. The van der Waals surface area contributed by atoms with Crippen molar-refractivity contribution in [2.45, 2.75) is 11.9 Å². The van der Waals surface area contributed by atoms with Gasteiger partial charge in [0.05, 0.1) is 20.0 Å². The molecule has 1 aromatic heterocycles. The largest absolute Gasteiger partial charge is 0.493 e. The van der Waals surface area contributed by atoms with Crippen LogP contribution in [0.15, 0.2) is 59.6 Å². The first-order valence-corrected chi connectivity index (χ1v) is 10.3. The van der Waals surface area contributed by atoms with Crippen LogP contribution in [0, 0.1) is 6.92 Å². The number of nitrogens with one attached hydrogen (secondary N) is 2. The predicted octanol–water partition coefficient (Wildman–Crippen LogP) is 3.79. The quantitative estimate of drug-likeness (QED) is 0.516. The summed E-state index contributed by atoms with van der Waals surface area (Å²) in [6.07, 6.45) is 0. The van der Waals surface area contributed by atoms with Gasteiger partial charge in [0.2, 0.25) is 5.91 Å². The molecule has 2 N–H and O–H groups in total. The van der Waals surface area contributed by atoms with Gasteiger partial charge >= 0.3 is 0 Å². The van der Waals surface area contributed by atoms with Crippen LogP contribution in [0.5, 0.6) is 11.5 Å². The summed E-state index contributed by atoms with van der Waals surface area (Å²) < 4.78 is 10.4. The van der Waals surface area contributed by atoms with E-state index < -0.39 is 0 Å². The van der Waals surface area contributed by atoms with Crippen LogP contribution in [-0.4, -0.2) is 42.0 Å². The number of ether oxygens (including phenoxy) is 2. The number of benzene rings is 2. The molecule has 0 spiro atoms. The van der Waals surface area contributed by atoms with Gasteiger partial charge in [-0.25, -0.2) is 0 Å². The van der Waals surface area contributed by atoms with Crippen LogP contribution in [0.3, 0.4) is 0 Å². The number of hydrogen-bond acceptors (Lipinski definition) is 7. The Labute approximate surface area is 184 Å². The number of carbonyl (C=O) groups excluding carboxylic acids is 2. The van der Waals surface area contributed by atoms with Crippen molar-refractivity contribution in [3.8, 4) is 11.5 Å². The van der Waals surface area contributed by atoms with Gasteiger partial charge < -0.3 is 20.1 Å². The Hall–Kier alpha value is -3.59. The zero-order chi connectivity index (χ0) is 22.2. The molecule has 3 aromatic rings. The summed E-state index contributed by atoms with van der Waals surface area (Å²) in [5.41, 5.74) is 2.22. The van der Waals surface area contributed by atoms with Gasteiger partial charge in [0.1, 0.15) is 5.03 Å². The standard InChI is InChI=1S/C22H22N4O4S/c1-14-4-6-15(7-5-14)22(28)24-19-10-11-21(26-25-19)31-13-20(27)23-16-8-9-17(29-2)18(12-16)30-3/h4-12H,13H2,1-3H3,(H,23,27)(H,24,25,28). The number of hydrogen-bond donors (Lipinski definition) is 2. The van der Waals surface area contributed by atoms with E-state index in [0.29, 0.717) is 33.6 Å². The Balaban J connectivity index is 1.51. The van der Waals surface area contributed by atoms with E-state index in [2.05, 4.69) is 20.8 Å². The molecule has 31 heavy (non-hydrogen) atoms. The molecule has 3 rings (SSSR count). The normalized spacial score (nSPS) is 10.3. The fourth-order valence-corrected chi connectivity index (χ4v) is 3.22. The van der Waals surface area contributed by atoms with Crippen molar-refractivity contribution >= 4 is 35.1 Å². The minimum atomic E-state index is -0.260. The van der Waals surface area contributed by atoms with Crippen LogP contribution < -0.4 is 20.1 Å². The Bertz CT molecular complexity index is 1060. The number of nitrogens with zero attached hydrogens (tertiary/aromatic N) is 2. The minimum Gasteiger partial charge on any atom is -0.493 e. The molecule has 0 aliphatic heterocycles. The first kappa shape index (κ1) is 22.1. The van der Waals surface area contributed by atoms with Crippen molar-refractivity contribution in [1.82, 2.24) is 10.2 Å². The van der Waals surface area contributed by atoms with Gasteiger partial charge in [-0.3, -0.25) is 9.59 Å². The molecule has 0 atom stereocenters. The Morgan fingerprint density at radius 2 is 1.65 bits per heavy atom. The third-order valence-corrected chi connectivity index (χ3v) is 5.13. The van der Waals surface area contributed by atoms with Gasteiger partial charge in [-0.1, -0.05) is 29.5 Å². The van der Waals surface area contributed by atoms with Crippen LogP contribution in [0.4, 0.5) is 11.5 Å². The van der Waals surface area contributed by atoms with Crippen LogP contribution >= 0.6 is 11.8 Å². The highest BCUT2D eigenvalue weighted by atomic mass is 32.2. The van der Waals surface area contributed by atoms with Crippen molar-refractivity contribution in [1.29, 1.82) is 0 Å². The van der Waals surface area contributed by atoms with E-state index in [1.807, 2.05) is 19.1 Å². The van der Waals surface area contributed by atoms with E-state index in [-0.39, 0.29) is 17.6 Å². The summed E-state index contributed by atoms with van der Waals surface area (Å²) in [4.78, 5) is 24.5. The Morgan fingerprint density at radius 3 is 2.29 bits per heavy atom. The summed E-state index contributed by atoms with van der Waals surface area (Å²) >= 11 is 1.24.